The number of nitriles is 1. The number of aromatic nitrogens is 1. The number of nitrogens with zero attached hydrogens (tertiary/aromatic N) is 3. The van der Waals surface area contributed by atoms with Crippen LogP contribution < -0.4 is 4.90 Å². The maximum atomic E-state index is 10.9. The molecule has 0 spiro atoms. The van der Waals surface area contributed by atoms with E-state index < -0.39 is 5.97 Å². The van der Waals surface area contributed by atoms with E-state index in [9.17, 15) is 4.79 Å². The summed E-state index contributed by atoms with van der Waals surface area (Å²) in [6.45, 7) is 1.32. The third-order valence-corrected chi connectivity index (χ3v) is 2.97. The minimum atomic E-state index is -0.747. The van der Waals surface area contributed by atoms with E-state index in [0.717, 1.165) is 25.2 Å². The molecule has 1 atom stereocenters. The first-order valence-corrected chi connectivity index (χ1v) is 5.54. The van der Waals surface area contributed by atoms with Gasteiger partial charge in [0.1, 0.15) is 11.9 Å². The molecule has 1 N–H and O–H groups in total. The molecule has 1 aromatic heterocycles. The van der Waals surface area contributed by atoms with Crippen LogP contribution >= 0.6 is 0 Å². The zero-order valence-electron chi connectivity index (χ0n) is 9.33. The minimum Gasteiger partial charge on any atom is -0.481 e. The first kappa shape index (κ1) is 11.4. The lowest BCUT2D eigenvalue weighted by atomic mass is 9.98. The molecule has 1 aliphatic heterocycles. The third kappa shape index (κ3) is 2.53. The molecule has 1 unspecified atom stereocenters. The van der Waals surface area contributed by atoms with Gasteiger partial charge < -0.3 is 10.0 Å². The van der Waals surface area contributed by atoms with E-state index in [0.29, 0.717) is 12.1 Å². The number of carboxylic acid groups (broad SMARTS) is 1. The van der Waals surface area contributed by atoms with Crippen molar-refractivity contribution >= 4 is 11.8 Å². The molecule has 1 aliphatic rings. The Balaban J connectivity index is 2.11. The fourth-order valence-corrected chi connectivity index (χ4v) is 2.03. The van der Waals surface area contributed by atoms with Crippen molar-refractivity contribution in [3.8, 4) is 6.07 Å². The summed E-state index contributed by atoms with van der Waals surface area (Å²) in [5, 5.41) is 17.7. The lowest BCUT2D eigenvalue weighted by Gasteiger charge is -2.31. The molecule has 1 aromatic rings. The molecule has 5 heteroatoms. The zero-order valence-corrected chi connectivity index (χ0v) is 9.33. The maximum Gasteiger partial charge on any atom is 0.308 e. The Kier molecular flexibility index (Phi) is 3.24. The van der Waals surface area contributed by atoms with Gasteiger partial charge in [0.05, 0.1) is 11.5 Å². The number of rotatable bonds is 2. The second-order valence-electron chi connectivity index (χ2n) is 4.14. The van der Waals surface area contributed by atoms with Crippen LogP contribution in [0.25, 0.3) is 0 Å². The molecule has 5 nitrogen and oxygen atoms in total. The summed E-state index contributed by atoms with van der Waals surface area (Å²) in [5.74, 6) is -0.320. The lowest BCUT2D eigenvalue weighted by molar-refractivity contribution is -0.141. The second-order valence-corrected chi connectivity index (χ2v) is 4.14. The number of piperidine rings is 1. The zero-order chi connectivity index (χ0) is 12.3. The molecule has 2 rings (SSSR count). The van der Waals surface area contributed by atoms with Gasteiger partial charge in [-0.2, -0.15) is 5.26 Å². The fourth-order valence-electron chi connectivity index (χ4n) is 2.03. The van der Waals surface area contributed by atoms with E-state index in [2.05, 4.69) is 4.98 Å². The first-order valence-electron chi connectivity index (χ1n) is 5.54. The molecular weight excluding hydrogens is 218 g/mol. The van der Waals surface area contributed by atoms with Gasteiger partial charge in [0, 0.05) is 19.3 Å². The van der Waals surface area contributed by atoms with Crippen molar-refractivity contribution < 1.29 is 9.90 Å². The van der Waals surface area contributed by atoms with Gasteiger partial charge in [0.25, 0.3) is 0 Å². The van der Waals surface area contributed by atoms with Gasteiger partial charge in [-0.15, -0.1) is 0 Å². The van der Waals surface area contributed by atoms with Gasteiger partial charge in [-0.3, -0.25) is 4.79 Å². The second kappa shape index (κ2) is 4.83. The Morgan fingerprint density at radius 1 is 1.59 bits per heavy atom. The summed E-state index contributed by atoms with van der Waals surface area (Å²) in [5.41, 5.74) is 0.514. The van der Waals surface area contributed by atoms with Crippen molar-refractivity contribution in [2.45, 2.75) is 12.8 Å². The van der Waals surface area contributed by atoms with Crippen LogP contribution in [0.4, 0.5) is 5.82 Å². The summed E-state index contributed by atoms with van der Waals surface area (Å²) in [4.78, 5) is 17.1. The first-order chi connectivity index (χ1) is 8.20. The predicted molar refractivity (Wildman–Crippen MR) is 61.5 cm³/mol. The summed E-state index contributed by atoms with van der Waals surface area (Å²) in [7, 11) is 0. The van der Waals surface area contributed by atoms with Crippen LogP contribution in [0.5, 0.6) is 0 Å². The fraction of sp³-hybridized carbons (Fsp3) is 0.417. The van der Waals surface area contributed by atoms with E-state index in [1.54, 1.807) is 12.1 Å². The topological polar surface area (TPSA) is 77.2 Å². The number of hydrogen-bond donors (Lipinski definition) is 1. The van der Waals surface area contributed by atoms with Crippen LogP contribution in [0.15, 0.2) is 18.3 Å². The van der Waals surface area contributed by atoms with Crippen LogP contribution in [-0.2, 0) is 4.79 Å². The van der Waals surface area contributed by atoms with E-state index >= 15 is 0 Å². The maximum absolute atomic E-state index is 10.9. The molecule has 2 heterocycles. The number of anilines is 1. The molecule has 17 heavy (non-hydrogen) atoms. The average molecular weight is 231 g/mol. The molecular formula is C12H13N3O2. The number of aliphatic carboxylic acids is 1. The van der Waals surface area contributed by atoms with Crippen molar-refractivity contribution in [3.63, 3.8) is 0 Å². The monoisotopic (exact) mass is 231 g/mol. The number of carbonyl (C=O) groups is 1. The van der Waals surface area contributed by atoms with Crippen LogP contribution in [-0.4, -0.2) is 29.1 Å². The van der Waals surface area contributed by atoms with Crippen LogP contribution in [0.2, 0.25) is 0 Å². The number of hydrogen-bond acceptors (Lipinski definition) is 4. The summed E-state index contributed by atoms with van der Waals surface area (Å²) >= 11 is 0. The minimum absolute atomic E-state index is 0.318. The van der Waals surface area contributed by atoms with Gasteiger partial charge in [0.2, 0.25) is 0 Å². The molecule has 0 saturated carbocycles. The van der Waals surface area contributed by atoms with Crippen LogP contribution in [0, 0.1) is 17.2 Å². The highest BCUT2D eigenvalue weighted by Gasteiger charge is 2.25. The number of pyridine rings is 1. The average Bonchev–Trinajstić information content (AvgIpc) is 2.39. The van der Waals surface area contributed by atoms with Crippen molar-refractivity contribution in [1.29, 1.82) is 5.26 Å². The van der Waals surface area contributed by atoms with Crippen molar-refractivity contribution in [2.24, 2.45) is 5.92 Å². The summed E-state index contributed by atoms with van der Waals surface area (Å²) in [6, 6.07) is 5.48. The summed E-state index contributed by atoms with van der Waals surface area (Å²) in [6.07, 6.45) is 3.10. The van der Waals surface area contributed by atoms with Crippen LogP contribution in [0.1, 0.15) is 18.4 Å². The van der Waals surface area contributed by atoms with E-state index in [1.807, 2.05) is 11.0 Å². The Morgan fingerprint density at radius 3 is 3.00 bits per heavy atom. The molecule has 1 fully saturated rings. The molecule has 0 radical (unpaired) electrons. The van der Waals surface area contributed by atoms with Gasteiger partial charge in [0.15, 0.2) is 0 Å². The van der Waals surface area contributed by atoms with E-state index in [-0.39, 0.29) is 5.92 Å². The third-order valence-electron chi connectivity index (χ3n) is 2.97. The Morgan fingerprint density at radius 2 is 2.41 bits per heavy atom. The van der Waals surface area contributed by atoms with Crippen molar-refractivity contribution in [3.05, 3.63) is 23.9 Å². The Bertz CT molecular complexity index is 450. The molecule has 0 amide bonds. The Labute approximate surface area is 99.3 Å². The number of carboxylic acids is 1. The Hall–Kier alpha value is -2.09. The van der Waals surface area contributed by atoms with Gasteiger partial charge in [-0.1, -0.05) is 0 Å². The molecule has 88 valence electrons. The summed E-state index contributed by atoms with van der Waals surface area (Å²) < 4.78 is 0. The smallest absolute Gasteiger partial charge is 0.308 e. The normalized spacial score (nSPS) is 19.7. The van der Waals surface area contributed by atoms with Gasteiger partial charge >= 0.3 is 5.97 Å². The largest absolute Gasteiger partial charge is 0.481 e. The van der Waals surface area contributed by atoms with Gasteiger partial charge in [-0.05, 0) is 25.0 Å². The SMILES string of the molecule is N#Cc1ccc(N2CCCC(C(=O)O)C2)nc1. The highest BCUT2D eigenvalue weighted by atomic mass is 16.4. The van der Waals surface area contributed by atoms with Crippen molar-refractivity contribution in [2.75, 3.05) is 18.0 Å². The highest BCUT2D eigenvalue weighted by Crippen LogP contribution is 2.21. The van der Waals surface area contributed by atoms with Gasteiger partial charge in [-0.25, -0.2) is 4.98 Å². The molecule has 0 aliphatic carbocycles. The lowest BCUT2D eigenvalue weighted by Crippen LogP contribution is -2.39. The van der Waals surface area contributed by atoms with E-state index in [1.165, 1.54) is 6.20 Å². The van der Waals surface area contributed by atoms with E-state index in [4.69, 9.17) is 10.4 Å². The predicted octanol–water partition coefficient (Wildman–Crippen LogP) is 1.25. The molecule has 0 aromatic carbocycles. The van der Waals surface area contributed by atoms with Crippen molar-refractivity contribution in [1.82, 2.24) is 4.98 Å². The highest BCUT2D eigenvalue weighted by molar-refractivity contribution is 5.71. The standard InChI is InChI=1S/C12H13N3O2/c13-6-9-3-4-11(14-7-9)15-5-1-2-10(8-15)12(16)17/h3-4,7,10H,1-2,5,8H2,(H,16,17). The van der Waals surface area contributed by atoms with Crippen LogP contribution in [0.3, 0.4) is 0 Å². The molecule has 1 saturated heterocycles. The molecule has 0 bridgehead atoms. The quantitative estimate of drug-likeness (QED) is 0.829.